The first kappa shape index (κ1) is 29.9. The molecule has 4 saturated carbocycles. The highest BCUT2D eigenvalue weighted by atomic mass is 16.7. The Kier molecular flexibility index (Phi) is 8.35. The molecule has 224 valence electrons. The molecule has 0 spiro atoms. The monoisotopic (exact) mass is 544 g/mol. The van der Waals surface area contributed by atoms with Gasteiger partial charge in [0.05, 0.1) is 13.2 Å². The van der Waals surface area contributed by atoms with Gasteiger partial charge in [-0.15, -0.1) is 0 Å². The van der Waals surface area contributed by atoms with Gasteiger partial charge in [-0.05, 0) is 131 Å². The van der Waals surface area contributed by atoms with Crippen LogP contribution in [0.5, 0.6) is 0 Å². The van der Waals surface area contributed by atoms with E-state index in [0.717, 1.165) is 48.3 Å². The molecule has 4 nitrogen and oxygen atoms in total. The maximum atomic E-state index is 13.2. The lowest BCUT2D eigenvalue weighted by molar-refractivity contribution is -0.282. The number of ether oxygens (including phenoxy) is 3. The van der Waals surface area contributed by atoms with Crippen LogP contribution in [0, 0.1) is 57.7 Å². The zero-order chi connectivity index (χ0) is 28.2. The summed E-state index contributed by atoms with van der Waals surface area (Å²) in [6, 6.07) is 0. The Morgan fingerprint density at radius 3 is 2.18 bits per heavy atom. The molecule has 0 bridgehead atoms. The topological polar surface area (TPSA) is 44.8 Å². The smallest absolute Gasteiger partial charge is 0.316 e. The second-order valence-electron chi connectivity index (χ2n) is 16.5. The molecule has 9 atom stereocenters. The minimum atomic E-state index is -0.702. The van der Waals surface area contributed by atoms with Crippen LogP contribution in [-0.4, -0.2) is 31.1 Å². The van der Waals surface area contributed by atoms with Crippen LogP contribution < -0.4 is 0 Å². The van der Waals surface area contributed by atoms with Crippen LogP contribution in [0.1, 0.15) is 132 Å². The molecule has 0 radical (unpaired) electrons. The summed E-state index contributed by atoms with van der Waals surface area (Å²) in [5.41, 5.74) is 0.272. The summed E-state index contributed by atoms with van der Waals surface area (Å²) in [4.78, 5) is 13.2. The third kappa shape index (κ3) is 5.61. The Morgan fingerprint density at radius 2 is 1.49 bits per heavy atom. The van der Waals surface area contributed by atoms with Gasteiger partial charge in [-0.3, -0.25) is 4.79 Å². The number of hydrogen-bond acceptors (Lipinski definition) is 4. The highest BCUT2D eigenvalue weighted by Gasteiger charge is 2.61. The van der Waals surface area contributed by atoms with E-state index >= 15 is 0 Å². The Morgan fingerprint density at radius 1 is 0.821 bits per heavy atom. The Labute approximate surface area is 240 Å². The lowest BCUT2D eigenvalue weighted by Gasteiger charge is -2.61. The summed E-state index contributed by atoms with van der Waals surface area (Å²) in [5, 5.41) is 0. The van der Waals surface area contributed by atoms with E-state index in [1.807, 2.05) is 20.8 Å². The lowest BCUT2D eigenvalue weighted by atomic mass is 9.44. The molecule has 0 aromatic rings. The first-order valence-corrected chi connectivity index (χ1v) is 16.8. The molecule has 0 aromatic heterocycles. The van der Waals surface area contributed by atoms with Crippen molar-refractivity contribution in [3.63, 3.8) is 0 Å². The van der Waals surface area contributed by atoms with Gasteiger partial charge in [0.1, 0.15) is 11.5 Å². The van der Waals surface area contributed by atoms with Gasteiger partial charge in [-0.1, -0.05) is 53.9 Å². The highest BCUT2D eigenvalue weighted by Crippen LogP contribution is 2.68. The molecule has 39 heavy (non-hydrogen) atoms. The van der Waals surface area contributed by atoms with Crippen molar-refractivity contribution in [2.75, 3.05) is 13.2 Å². The van der Waals surface area contributed by atoms with E-state index in [2.05, 4.69) is 34.6 Å². The molecule has 0 amide bonds. The fourth-order valence-electron chi connectivity index (χ4n) is 10.5. The molecule has 5 fully saturated rings. The third-order valence-corrected chi connectivity index (χ3v) is 13.1. The predicted octanol–water partition coefficient (Wildman–Crippen LogP) is 8.81. The van der Waals surface area contributed by atoms with Crippen molar-refractivity contribution >= 4 is 5.97 Å². The van der Waals surface area contributed by atoms with Crippen molar-refractivity contribution in [3.8, 4) is 0 Å². The van der Waals surface area contributed by atoms with E-state index < -0.39 is 11.2 Å². The normalized spacial score (nSPS) is 43.7. The highest BCUT2D eigenvalue weighted by molar-refractivity contribution is 5.77. The fourth-order valence-corrected chi connectivity index (χ4v) is 10.5. The van der Waals surface area contributed by atoms with Crippen molar-refractivity contribution < 1.29 is 19.0 Å². The molecule has 5 rings (SSSR count). The van der Waals surface area contributed by atoms with Gasteiger partial charge in [-0.2, -0.15) is 0 Å². The van der Waals surface area contributed by atoms with Crippen LogP contribution in [0.4, 0.5) is 0 Å². The molecule has 3 unspecified atom stereocenters. The van der Waals surface area contributed by atoms with Crippen molar-refractivity contribution in [1.82, 2.24) is 0 Å². The zero-order valence-corrected chi connectivity index (χ0v) is 26.7. The van der Waals surface area contributed by atoms with Crippen LogP contribution in [0.25, 0.3) is 0 Å². The van der Waals surface area contributed by atoms with Crippen LogP contribution in [0.2, 0.25) is 0 Å². The summed E-state index contributed by atoms with van der Waals surface area (Å²) in [5.74, 6) is 5.28. The number of fused-ring (bicyclic) bond motifs is 5. The largest absolute Gasteiger partial charge is 0.462 e. The first-order valence-electron chi connectivity index (χ1n) is 16.8. The molecular formula is C35H60O4. The summed E-state index contributed by atoms with van der Waals surface area (Å²) in [7, 11) is 0. The van der Waals surface area contributed by atoms with Crippen molar-refractivity contribution in [1.29, 1.82) is 0 Å². The standard InChI is InChI=1S/C35H60O4/c1-23(2)10-9-11-24(3)28-14-15-29-27-13-12-25-20-26(16-18-34(25,7)30(27)17-19-35(28,29)8)39-31(36)33(6)21-37-32(4,5)38-22-33/h23-30H,9-22H2,1-8H3/t24-,25-,26+,27?,28-,29?,30?,34+,35-/m1/s1. The van der Waals surface area contributed by atoms with Gasteiger partial charge in [0.15, 0.2) is 5.79 Å². The number of esters is 1. The Hall–Kier alpha value is -0.610. The molecule has 4 heteroatoms. The van der Waals surface area contributed by atoms with E-state index in [9.17, 15) is 4.79 Å². The van der Waals surface area contributed by atoms with Gasteiger partial charge in [-0.25, -0.2) is 0 Å². The number of carbonyl (C=O) groups excluding carboxylic acids is 1. The minimum absolute atomic E-state index is 0.0512. The quantitative estimate of drug-likeness (QED) is 0.300. The van der Waals surface area contributed by atoms with E-state index in [4.69, 9.17) is 14.2 Å². The molecule has 1 heterocycles. The van der Waals surface area contributed by atoms with Crippen LogP contribution in [0.15, 0.2) is 0 Å². The Balaban J connectivity index is 1.19. The van der Waals surface area contributed by atoms with Crippen molar-refractivity contribution in [3.05, 3.63) is 0 Å². The summed E-state index contributed by atoms with van der Waals surface area (Å²) >= 11 is 0. The summed E-state index contributed by atoms with van der Waals surface area (Å²) in [6.45, 7) is 19.1. The van der Waals surface area contributed by atoms with Gasteiger partial charge >= 0.3 is 5.97 Å². The fraction of sp³-hybridized carbons (Fsp3) is 0.971. The van der Waals surface area contributed by atoms with E-state index in [-0.39, 0.29) is 12.1 Å². The number of hydrogen-bond donors (Lipinski definition) is 0. The van der Waals surface area contributed by atoms with Gasteiger partial charge in [0.2, 0.25) is 0 Å². The van der Waals surface area contributed by atoms with E-state index in [0.29, 0.717) is 30.0 Å². The average molecular weight is 545 g/mol. The maximum absolute atomic E-state index is 13.2. The summed E-state index contributed by atoms with van der Waals surface area (Å²) < 4.78 is 17.9. The second kappa shape index (κ2) is 10.9. The molecule has 0 aromatic carbocycles. The predicted molar refractivity (Wildman–Crippen MR) is 157 cm³/mol. The Bertz CT molecular complexity index is 870. The second-order valence-corrected chi connectivity index (χ2v) is 16.5. The van der Waals surface area contributed by atoms with Gasteiger partial charge < -0.3 is 14.2 Å². The van der Waals surface area contributed by atoms with Gasteiger partial charge in [0.25, 0.3) is 0 Å². The van der Waals surface area contributed by atoms with Gasteiger partial charge in [0, 0.05) is 0 Å². The molecule has 1 saturated heterocycles. The maximum Gasteiger partial charge on any atom is 0.316 e. The first-order chi connectivity index (χ1) is 18.3. The van der Waals surface area contributed by atoms with E-state index in [1.54, 1.807) is 0 Å². The SMILES string of the molecule is CC(C)CCC[C@@H](C)[C@H]1CCC2C3CC[C@@H]4C[C@@H](OC(=O)C5(C)COC(C)(C)OC5)CC[C@]4(C)C3CC[C@@]21C. The zero-order valence-electron chi connectivity index (χ0n) is 26.7. The van der Waals surface area contributed by atoms with E-state index in [1.165, 1.54) is 64.2 Å². The molecule has 4 aliphatic carbocycles. The minimum Gasteiger partial charge on any atom is -0.462 e. The molecule has 5 aliphatic rings. The van der Waals surface area contributed by atoms with Crippen molar-refractivity contribution in [2.45, 2.75) is 144 Å². The van der Waals surface area contributed by atoms with Crippen LogP contribution >= 0.6 is 0 Å². The molecule has 0 N–H and O–H groups in total. The lowest BCUT2D eigenvalue weighted by Crippen LogP contribution is -2.55. The van der Waals surface area contributed by atoms with Crippen molar-refractivity contribution in [2.24, 2.45) is 57.7 Å². The number of carbonyl (C=O) groups is 1. The van der Waals surface area contributed by atoms with Crippen LogP contribution in [0.3, 0.4) is 0 Å². The molecular weight excluding hydrogens is 484 g/mol. The average Bonchev–Trinajstić information content (AvgIpc) is 3.23. The van der Waals surface area contributed by atoms with Crippen LogP contribution in [-0.2, 0) is 19.0 Å². The molecule has 1 aliphatic heterocycles. The third-order valence-electron chi connectivity index (χ3n) is 13.1. The number of rotatable bonds is 7. The summed E-state index contributed by atoms with van der Waals surface area (Å²) in [6.07, 6.45) is 16.1.